The number of ether oxygens (including phenoxy) is 3. The van der Waals surface area contributed by atoms with Gasteiger partial charge in [-0.3, -0.25) is 14.9 Å². The Hall–Kier alpha value is -3.96. The standard InChI is InChI=1S/C22H17ClN2O6/c1-4-9-31-17-8-6-5-7-13(17)10-14-20(26)24-22(28)25(21(14)27)16-12-18(29-2)15(23)11-19(16)30-3/h1,5-8,10-12H,9H2,2-3H3,(H,24,26,28)/b14-10+. The second-order valence-electron chi connectivity index (χ2n) is 6.15. The zero-order valence-electron chi connectivity index (χ0n) is 16.6. The second-order valence-corrected chi connectivity index (χ2v) is 6.55. The van der Waals surface area contributed by atoms with Gasteiger partial charge in [0.25, 0.3) is 11.8 Å². The number of amides is 4. The van der Waals surface area contributed by atoms with Gasteiger partial charge in [-0.2, -0.15) is 0 Å². The first kappa shape index (κ1) is 21.7. The van der Waals surface area contributed by atoms with Crippen LogP contribution in [0, 0.1) is 12.3 Å². The third kappa shape index (κ3) is 4.32. The van der Waals surface area contributed by atoms with Crippen LogP contribution in [0.15, 0.2) is 42.0 Å². The van der Waals surface area contributed by atoms with Gasteiger partial charge in [-0.25, -0.2) is 9.69 Å². The van der Waals surface area contributed by atoms with E-state index in [9.17, 15) is 14.4 Å². The fourth-order valence-electron chi connectivity index (χ4n) is 2.90. The van der Waals surface area contributed by atoms with Crippen LogP contribution in [0.1, 0.15) is 5.56 Å². The molecule has 158 valence electrons. The highest BCUT2D eigenvalue weighted by atomic mass is 35.5. The number of anilines is 1. The molecule has 0 spiro atoms. The van der Waals surface area contributed by atoms with Crippen molar-refractivity contribution < 1.29 is 28.6 Å². The zero-order chi connectivity index (χ0) is 22.5. The molecule has 3 rings (SSSR count). The number of urea groups is 1. The molecule has 1 aliphatic heterocycles. The average Bonchev–Trinajstić information content (AvgIpc) is 2.76. The number of carbonyl (C=O) groups excluding carboxylic acids is 3. The lowest BCUT2D eigenvalue weighted by Crippen LogP contribution is -2.54. The first-order valence-corrected chi connectivity index (χ1v) is 9.27. The molecular formula is C22H17ClN2O6. The van der Waals surface area contributed by atoms with E-state index in [1.165, 1.54) is 32.4 Å². The molecule has 8 nitrogen and oxygen atoms in total. The number of imide groups is 2. The first-order valence-electron chi connectivity index (χ1n) is 8.89. The van der Waals surface area contributed by atoms with Gasteiger partial charge in [0.15, 0.2) is 0 Å². The number of carbonyl (C=O) groups is 3. The number of hydrogen-bond acceptors (Lipinski definition) is 6. The molecule has 2 aromatic carbocycles. The fourth-order valence-corrected chi connectivity index (χ4v) is 3.13. The summed E-state index contributed by atoms with van der Waals surface area (Å²) in [6.07, 6.45) is 6.55. The Kier molecular flexibility index (Phi) is 6.48. The fraction of sp³-hybridized carbons (Fsp3) is 0.136. The van der Waals surface area contributed by atoms with Crippen LogP contribution in [0.3, 0.4) is 0 Å². The zero-order valence-corrected chi connectivity index (χ0v) is 17.4. The summed E-state index contributed by atoms with van der Waals surface area (Å²) in [6.45, 7) is 0.00666. The van der Waals surface area contributed by atoms with Crippen LogP contribution in [-0.4, -0.2) is 38.7 Å². The second kappa shape index (κ2) is 9.24. The SMILES string of the molecule is C#CCOc1ccccc1/C=C1\C(=O)NC(=O)N(c2cc(OC)c(Cl)cc2OC)C1=O. The smallest absolute Gasteiger partial charge is 0.336 e. The van der Waals surface area contributed by atoms with Crippen LogP contribution < -0.4 is 24.4 Å². The van der Waals surface area contributed by atoms with Crippen molar-refractivity contribution in [1.82, 2.24) is 5.32 Å². The molecule has 0 atom stereocenters. The number of rotatable bonds is 6. The van der Waals surface area contributed by atoms with Crippen molar-refractivity contribution in [3.8, 4) is 29.6 Å². The summed E-state index contributed by atoms with van der Waals surface area (Å²) in [5, 5.41) is 2.37. The molecule has 4 amide bonds. The number of nitrogens with one attached hydrogen (secondary N) is 1. The molecule has 1 heterocycles. The predicted octanol–water partition coefficient (Wildman–Crippen LogP) is 3.04. The van der Waals surface area contributed by atoms with Crippen molar-refractivity contribution in [3.63, 3.8) is 0 Å². The minimum Gasteiger partial charge on any atom is -0.495 e. The van der Waals surface area contributed by atoms with Gasteiger partial charge in [-0.05, 0) is 12.1 Å². The molecule has 0 bridgehead atoms. The lowest BCUT2D eigenvalue weighted by atomic mass is 10.1. The minimum absolute atomic E-state index is 0.00666. The van der Waals surface area contributed by atoms with Crippen LogP contribution in [0.2, 0.25) is 5.02 Å². The molecular weight excluding hydrogens is 424 g/mol. The van der Waals surface area contributed by atoms with E-state index in [2.05, 4.69) is 11.2 Å². The molecule has 1 N–H and O–H groups in total. The third-order valence-corrected chi connectivity index (χ3v) is 4.62. The molecule has 2 aromatic rings. The Morgan fingerprint density at radius 2 is 1.81 bits per heavy atom. The molecule has 0 saturated carbocycles. The van der Waals surface area contributed by atoms with Gasteiger partial charge in [-0.1, -0.05) is 35.7 Å². The van der Waals surface area contributed by atoms with E-state index in [0.717, 1.165) is 4.90 Å². The van der Waals surface area contributed by atoms with Crippen molar-refractivity contribution in [3.05, 3.63) is 52.6 Å². The molecule has 1 saturated heterocycles. The Morgan fingerprint density at radius 3 is 2.48 bits per heavy atom. The summed E-state index contributed by atoms with van der Waals surface area (Å²) in [5.74, 6) is 1.37. The van der Waals surface area contributed by atoms with Crippen molar-refractivity contribution in [2.45, 2.75) is 0 Å². The monoisotopic (exact) mass is 440 g/mol. The summed E-state index contributed by atoms with van der Waals surface area (Å²) >= 11 is 6.11. The molecule has 1 fully saturated rings. The molecule has 31 heavy (non-hydrogen) atoms. The van der Waals surface area contributed by atoms with Crippen molar-refractivity contribution >= 4 is 41.2 Å². The lowest BCUT2D eigenvalue weighted by Gasteiger charge is -2.28. The number of nitrogens with zero attached hydrogens (tertiary/aromatic N) is 1. The number of barbiturate groups is 1. The van der Waals surface area contributed by atoms with Crippen molar-refractivity contribution in [2.24, 2.45) is 0 Å². The number of methoxy groups -OCH3 is 2. The summed E-state index contributed by atoms with van der Waals surface area (Å²) in [7, 11) is 2.74. The van der Waals surface area contributed by atoms with Gasteiger partial charge in [-0.15, -0.1) is 6.42 Å². The first-order chi connectivity index (χ1) is 14.9. The van der Waals surface area contributed by atoms with E-state index in [1.54, 1.807) is 24.3 Å². The van der Waals surface area contributed by atoms with E-state index >= 15 is 0 Å². The summed E-state index contributed by atoms with van der Waals surface area (Å²) in [6, 6.07) is 8.55. The summed E-state index contributed by atoms with van der Waals surface area (Å²) < 4.78 is 15.9. The largest absolute Gasteiger partial charge is 0.495 e. The Morgan fingerprint density at radius 1 is 1.10 bits per heavy atom. The van der Waals surface area contributed by atoms with Crippen LogP contribution >= 0.6 is 11.6 Å². The van der Waals surface area contributed by atoms with Gasteiger partial charge >= 0.3 is 6.03 Å². The minimum atomic E-state index is -0.938. The maximum absolute atomic E-state index is 13.2. The highest BCUT2D eigenvalue weighted by Gasteiger charge is 2.38. The number of hydrogen-bond donors (Lipinski definition) is 1. The number of terminal acetylenes is 1. The van der Waals surface area contributed by atoms with E-state index < -0.39 is 17.8 Å². The van der Waals surface area contributed by atoms with Gasteiger partial charge < -0.3 is 14.2 Å². The van der Waals surface area contributed by atoms with E-state index in [4.69, 9.17) is 32.2 Å². The van der Waals surface area contributed by atoms with E-state index in [1.807, 2.05) is 0 Å². The third-order valence-electron chi connectivity index (χ3n) is 4.33. The molecule has 0 aliphatic carbocycles. The van der Waals surface area contributed by atoms with Crippen LogP contribution in [0.4, 0.5) is 10.5 Å². The number of para-hydroxylation sites is 1. The van der Waals surface area contributed by atoms with Gasteiger partial charge in [0.2, 0.25) is 0 Å². The van der Waals surface area contributed by atoms with Crippen molar-refractivity contribution in [1.29, 1.82) is 0 Å². The lowest BCUT2D eigenvalue weighted by molar-refractivity contribution is -0.122. The van der Waals surface area contributed by atoms with E-state index in [0.29, 0.717) is 11.3 Å². The average molecular weight is 441 g/mol. The predicted molar refractivity (Wildman–Crippen MR) is 114 cm³/mol. The summed E-state index contributed by atoms with van der Waals surface area (Å²) in [5.41, 5.74) is 0.208. The molecule has 0 aromatic heterocycles. The number of benzene rings is 2. The Balaban J connectivity index is 2.09. The number of halogens is 1. The van der Waals surface area contributed by atoms with Crippen LogP contribution in [0.25, 0.3) is 6.08 Å². The highest BCUT2D eigenvalue weighted by molar-refractivity contribution is 6.39. The highest BCUT2D eigenvalue weighted by Crippen LogP contribution is 2.39. The van der Waals surface area contributed by atoms with Crippen LogP contribution in [0.5, 0.6) is 17.2 Å². The normalized spacial score (nSPS) is 14.8. The quantitative estimate of drug-likeness (QED) is 0.421. The van der Waals surface area contributed by atoms with Gasteiger partial charge in [0, 0.05) is 17.7 Å². The van der Waals surface area contributed by atoms with Gasteiger partial charge in [0.1, 0.15) is 29.4 Å². The van der Waals surface area contributed by atoms with Gasteiger partial charge in [0.05, 0.1) is 24.9 Å². The molecule has 9 heteroatoms. The van der Waals surface area contributed by atoms with E-state index in [-0.39, 0.29) is 34.4 Å². The topological polar surface area (TPSA) is 94.2 Å². The van der Waals surface area contributed by atoms with Crippen LogP contribution in [-0.2, 0) is 9.59 Å². The molecule has 0 radical (unpaired) electrons. The molecule has 1 aliphatic rings. The molecule has 0 unspecified atom stereocenters. The Labute approximate surface area is 183 Å². The maximum Gasteiger partial charge on any atom is 0.336 e. The maximum atomic E-state index is 13.2. The Bertz CT molecular complexity index is 1140. The summed E-state index contributed by atoms with van der Waals surface area (Å²) in [4.78, 5) is 39.0. The van der Waals surface area contributed by atoms with Crippen molar-refractivity contribution in [2.75, 3.05) is 25.7 Å².